The number of rotatable bonds is 18. The topological polar surface area (TPSA) is 31.0 Å². The van der Waals surface area contributed by atoms with E-state index in [0.717, 1.165) is 19.4 Å². The number of unbranched alkanes of at least 4 members (excludes halogenated alkanes) is 11. The average Bonchev–Trinajstić information content (AvgIpc) is 3.21. The number of hydrogen-bond donors (Lipinski definition) is 0. The zero-order valence-corrected chi connectivity index (χ0v) is 17.8. The summed E-state index contributed by atoms with van der Waals surface area (Å²) < 4.78 is 16.9. The van der Waals surface area contributed by atoms with Crippen molar-refractivity contribution in [3.63, 3.8) is 0 Å². The molecule has 158 valence electrons. The lowest BCUT2D eigenvalue weighted by molar-refractivity contribution is -0.0195. The maximum atomic E-state index is 5.77. The van der Waals surface area contributed by atoms with Crippen molar-refractivity contribution in [1.82, 2.24) is 0 Å². The number of allylic oxidation sites excluding steroid dienone is 2. The summed E-state index contributed by atoms with van der Waals surface area (Å²) in [6.45, 7) is 3.90. The Morgan fingerprint density at radius 3 is 2.19 bits per heavy atom. The first kappa shape index (κ1) is 22.9. The number of hydrogen-bond acceptors (Lipinski definition) is 3. The van der Waals surface area contributed by atoms with E-state index in [4.69, 9.17) is 14.2 Å². The fourth-order valence-electron chi connectivity index (χ4n) is 3.87. The molecule has 3 nitrogen and oxygen atoms in total. The van der Waals surface area contributed by atoms with Crippen LogP contribution in [0, 0.1) is 0 Å². The first-order chi connectivity index (χ1) is 13.4. The molecule has 3 unspecified atom stereocenters. The first-order valence-electron chi connectivity index (χ1n) is 11.9. The van der Waals surface area contributed by atoms with Crippen LogP contribution >= 0.6 is 0 Å². The van der Waals surface area contributed by atoms with Crippen molar-refractivity contribution in [3.8, 4) is 0 Å². The zero-order valence-electron chi connectivity index (χ0n) is 17.8. The number of ether oxygens (including phenoxy) is 3. The normalized spacial score (nSPS) is 24.9. The van der Waals surface area contributed by atoms with Gasteiger partial charge in [-0.2, -0.15) is 0 Å². The molecule has 3 heteroatoms. The van der Waals surface area contributed by atoms with Gasteiger partial charge < -0.3 is 14.2 Å². The highest BCUT2D eigenvalue weighted by molar-refractivity contribution is 4.81. The van der Waals surface area contributed by atoms with Crippen LogP contribution in [0.4, 0.5) is 0 Å². The van der Waals surface area contributed by atoms with Crippen molar-refractivity contribution in [2.24, 2.45) is 0 Å². The summed E-state index contributed by atoms with van der Waals surface area (Å²) in [7, 11) is 0. The van der Waals surface area contributed by atoms with Gasteiger partial charge in [0.15, 0.2) is 6.29 Å². The number of epoxide rings is 1. The third-order valence-corrected chi connectivity index (χ3v) is 5.76. The van der Waals surface area contributed by atoms with Gasteiger partial charge in [0.1, 0.15) is 6.10 Å². The molecule has 2 aliphatic rings. The zero-order chi connectivity index (χ0) is 19.0. The van der Waals surface area contributed by atoms with Crippen molar-refractivity contribution in [3.05, 3.63) is 12.2 Å². The molecule has 0 aromatic rings. The van der Waals surface area contributed by atoms with E-state index in [0.29, 0.717) is 18.8 Å². The minimum absolute atomic E-state index is 0.0611. The Balaban J connectivity index is 1.26. The van der Waals surface area contributed by atoms with Crippen molar-refractivity contribution in [2.45, 2.75) is 128 Å². The summed E-state index contributed by atoms with van der Waals surface area (Å²) in [5, 5.41) is 0. The predicted molar refractivity (Wildman–Crippen MR) is 113 cm³/mol. The van der Waals surface area contributed by atoms with Crippen LogP contribution < -0.4 is 0 Å². The van der Waals surface area contributed by atoms with Crippen molar-refractivity contribution < 1.29 is 14.2 Å². The Bertz CT molecular complexity index is 363. The molecule has 0 saturated carbocycles. The third kappa shape index (κ3) is 11.9. The molecular formula is C24H44O3. The minimum Gasteiger partial charge on any atom is -0.376 e. The highest BCUT2D eigenvalue weighted by atomic mass is 16.8. The molecule has 2 rings (SSSR count). The maximum absolute atomic E-state index is 5.77. The molecule has 3 atom stereocenters. The minimum atomic E-state index is 0.0611. The van der Waals surface area contributed by atoms with Crippen LogP contribution in [0.3, 0.4) is 0 Å². The lowest BCUT2D eigenvalue weighted by atomic mass is 10.1. The van der Waals surface area contributed by atoms with Gasteiger partial charge in [-0.3, -0.25) is 0 Å². The lowest BCUT2D eigenvalue weighted by Crippen LogP contribution is -2.16. The van der Waals surface area contributed by atoms with Gasteiger partial charge in [0, 0.05) is 6.61 Å². The molecule has 0 spiro atoms. The van der Waals surface area contributed by atoms with Gasteiger partial charge in [-0.15, -0.1) is 0 Å². The van der Waals surface area contributed by atoms with E-state index in [-0.39, 0.29) is 6.29 Å². The van der Waals surface area contributed by atoms with Gasteiger partial charge in [-0.1, -0.05) is 76.9 Å². The molecular weight excluding hydrogens is 336 g/mol. The van der Waals surface area contributed by atoms with Gasteiger partial charge in [-0.05, 0) is 44.9 Å². The highest BCUT2D eigenvalue weighted by Gasteiger charge is 2.39. The molecule has 2 saturated heterocycles. The average molecular weight is 381 g/mol. The summed E-state index contributed by atoms with van der Waals surface area (Å²) in [5.41, 5.74) is 0. The van der Waals surface area contributed by atoms with Crippen LogP contribution in [-0.4, -0.2) is 31.7 Å². The molecule has 27 heavy (non-hydrogen) atoms. The second kappa shape index (κ2) is 15.5. The highest BCUT2D eigenvalue weighted by Crippen LogP contribution is 2.29. The SMILES string of the molecule is CCCCCCCC/C=C\CCCCCCCC1OC1OCC1CCCO1. The predicted octanol–water partition coefficient (Wildman–Crippen LogP) is 6.94. The molecule has 2 fully saturated rings. The molecule has 0 aromatic heterocycles. The van der Waals surface area contributed by atoms with E-state index in [1.165, 1.54) is 89.9 Å². The summed E-state index contributed by atoms with van der Waals surface area (Å²) >= 11 is 0. The summed E-state index contributed by atoms with van der Waals surface area (Å²) in [6, 6.07) is 0. The van der Waals surface area contributed by atoms with Crippen molar-refractivity contribution in [1.29, 1.82) is 0 Å². The van der Waals surface area contributed by atoms with E-state index < -0.39 is 0 Å². The van der Waals surface area contributed by atoms with E-state index in [9.17, 15) is 0 Å². The molecule has 2 aliphatic heterocycles. The van der Waals surface area contributed by atoms with E-state index in [2.05, 4.69) is 19.1 Å². The van der Waals surface area contributed by atoms with E-state index in [1.54, 1.807) is 0 Å². The molecule has 0 N–H and O–H groups in total. The Labute approximate surface area is 168 Å². The molecule has 0 aliphatic carbocycles. The Morgan fingerprint density at radius 2 is 1.52 bits per heavy atom. The van der Waals surface area contributed by atoms with Crippen molar-refractivity contribution in [2.75, 3.05) is 13.2 Å². The Hall–Kier alpha value is -0.380. The summed E-state index contributed by atoms with van der Waals surface area (Å²) in [6.07, 6.45) is 26.7. The fraction of sp³-hybridized carbons (Fsp3) is 0.917. The van der Waals surface area contributed by atoms with Gasteiger partial charge in [0.2, 0.25) is 0 Å². The van der Waals surface area contributed by atoms with Gasteiger partial charge in [0.05, 0.1) is 12.7 Å². The second-order valence-corrected chi connectivity index (χ2v) is 8.38. The molecule has 0 aromatic carbocycles. The fourth-order valence-corrected chi connectivity index (χ4v) is 3.87. The quantitative estimate of drug-likeness (QED) is 0.146. The smallest absolute Gasteiger partial charge is 0.184 e. The monoisotopic (exact) mass is 380 g/mol. The lowest BCUT2D eigenvalue weighted by Gasteiger charge is -2.07. The molecule has 2 heterocycles. The Morgan fingerprint density at radius 1 is 0.852 bits per heavy atom. The van der Waals surface area contributed by atoms with Crippen LogP contribution in [-0.2, 0) is 14.2 Å². The van der Waals surface area contributed by atoms with E-state index >= 15 is 0 Å². The van der Waals surface area contributed by atoms with Crippen molar-refractivity contribution >= 4 is 0 Å². The van der Waals surface area contributed by atoms with Crippen LogP contribution in [0.1, 0.15) is 110 Å². The second-order valence-electron chi connectivity index (χ2n) is 8.38. The van der Waals surface area contributed by atoms with Crippen LogP contribution in [0.25, 0.3) is 0 Å². The third-order valence-electron chi connectivity index (χ3n) is 5.76. The van der Waals surface area contributed by atoms with Crippen LogP contribution in [0.15, 0.2) is 12.2 Å². The van der Waals surface area contributed by atoms with Gasteiger partial charge >= 0.3 is 0 Å². The standard InChI is InChI=1S/C24H44O3/c1-2-3-4-5-6-7-8-9-10-11-12-13-14-15-16-19-23-24(27-23)26-21-22-18-17-20-25-22/h9-10,22-24H,2-8,11-21H2,1H3/b10-9-. The van der Waals surface area contributed by atoms with E-state index in [1.807, 2.05) is 0 Å². The largest absolute Gasteiger partial charge is 0.376 e. The van der Waals surface area contributed by atoms with Crippen LogP contribution in [0.2, 0.25) is 0 Å². The maximum Gasteiger partial charge on any atom is 0.184 e. The van der Waals surface area contributed by atoms with Gasteiger partial charge in [0.25, 0.3) is 0 Å². The molecule has 0 bridgehead atoms. The van der Waals surface area contributed by atoms with Gasteiger partial charge in [-0.25, -0.2) is 0 Å². The first-order valence-corrected chi connectivity index (χ1v) is 11.9. The molecule has 0 radical (unpaired) electrons. The molecule has 0 amide bonds. The van der Waals surface area contributed by atoms with Crippen LogP contribution in [0.5, 0.6) is 0 Å². The Kier molecular flexibility index (Phi) is 13.2. The summed E-state index contributed by atoms with van der Waals surface area (Å²) in [4.78, 5) is 0. The summed E-state index contributed by atoms with van der Waals surface area (Å²) in [5.74, 6) is 0.